The Morgan fingerprint density at radius 1 is 0.250 bits per heavy atom. The Balaban J connectivity index is 1.06. The van der Waals surface area contributed by atoms with Gasteiger partial charge in [0.05, 0.1) is 76.3 Å². The highest BCUT2D eigenvalue weighted by Crippen LogP contribution is 2.54. The summed E-state index contributed by atoms with van der Waals surface area (Å²) < 4.78 is 14.0. The Morgan fingerprint density at radius 2 is 0.604 bits per heavy atom. The Morgan fingerprint density at radius 3 is 1.14 bits per heavy atom. The molecule has 0 N–H and O–H groups in total. The fourth-order valence-corrected chi connectivity index (χ4v) is 19.0. The van der Waals surface area contributed by atoms with Gasteiger partial charge in [-0.3, -0.25) is 0 Å². The second kappa shape index (κ2) is 20.0. The minimum Gasteiger partial charge on any atom is -0.306 e. The number of rotatable bonds is 6. The molecule has 0 fully saturated rings. The highest BCUT2D eigenvalue weighted by atomic mass is 32.1. The Kier molecular flexibility index (Phi) is 11.0. The third kappa shape index (κ3) is 7.10. The molecule has 0 saturated carbocycles. The van der Waals surface area contributed by atoms with Crippen LogP contribution in [-0.4, -0.2) is 18.3 Å². The van der Waals surface area contributed by atoms with Gasteiger partial charge in [-0.15, -0.1) is 22.7 Å². The van der Waals surface area contributed by atoms with Gasteiger partial charge in [0.1, 0.15) is 23.3 Å². The van der Waals surface area contributed by atoms with Crippen molar-refractivity contribution < 1.29 is 0 Å². The normalized spacial score (nSPS) is 12.1. The molecule has 6 aromatic heterocycles. The number of fused-ring (bicyclic) bond motifs is 22. The lowest BCUT2D eigenvalue weighted by Crippen LogP contribution is -2.16. The molecule has 0 spiro atoms. The molecule has 6 heterocycles. The quantitative estimate of drug-likeness (QED) is 0.166. The fourth-order valence-electron chi connectivity index (χ4n) is 16.5. The van der Waals surface area contributed by atoms with Gasteiger partial charge in [-0.2, -0.15) is 10.5 Å². The predicted molar refractivity (Wildman–Crippen MR) is 405 cm³/mol. The first-order valence-corrected chi connectivity index (χ1v) is 34.0. The van der Waals surface area contributed by atoms with E-state index in [1.54, 1.807) is 22.7 Å². The number of hydrogen-bond acceptors (Lipinski definition) is 4. The van der Waals surface area contributed by atoms with E-state index in [0.29, 0.717) is 33.9 Å². The zero-order valence-corrected chi connectivity index (χ0v) is 52.8. The standard InChI is InChI=1S/C88H48N6S2/c89-49-70-82(92-74-37-13-7-28-60(74)61-29-8-14-38-75(61)92)84(94-77-48-53(56-32-17-22-51-20-1-3-24-54(51)56)42-43-62(77)66-44-45-67-63-30-9-15-40-78(63)95-87(67)85(66)94)71(50-90)81(91-72-35-11-5-26-58(72)59-27-6-12-36-73(59)91)83(70)93-76-39-19-34-65(57-33-18-23-52-21-2-4-25-55(52)57)80(76)69-47-46-68-64-31-10-16-41-79(64)96-88(68)86(69)93/h1-48H. The van der Waals surface area contributed by atoms with E-state index in [1.807, 2.05) is 0 Å². The largest absolute Gasteiger partial charge is 0.306 e. The summed E-state index contributed by atoms with van der Waals surface area (Å²) in [4.78, 5) is 0. The molecular formula is C88H48N6S2. The highest BCUT2D eigenvalue weighted by molar-refractivity contribution is 7.27. The Labute approximate surface area is 556 Å². The van der Waals surface area contributed by atoms with Gasteiger partial charge in [0, 0.05) is 74.0 Å². The number of nitrogens with zero attached hydrogens (tertiary/aromatic N) is 6. The van der Waals surface area contributed by atoms with Crippen molar-refractivity contribution >= 4 is 172 Å². The molecule has 0 unspecified atom stereocenters. The molecule has 6 nitrogen and oxygen atoms in total. The topological polar surface area (TPSA) is 67.3 Å². The summed E-state index contributed by atoms with van der Waals surface area (Å²) in [5, 5.41) is 44.5. The van der Waals surface area contributed by atoms with Gasteiger partial charge in [-0.1, -0.05) is 243 Å². The van der Waals surface area contributed by atoms with Crippen molar-refractivity contribution in [2.75, 3.05) is 0 Å². The van der Waals surface area contributed by atoms with Crippen molar-refractivity contribution in [2.45, 2.75) is 0 Å². The van der Waals surface area contributed by atoms with Crippen LogP contribution in [0, 0.1) is 22.7 Å². The van der Waals surface area contributed by atoms with E-state index in [4.69, 9.17) is 0 Å². The molecular weight excluding hydrogens is 1210 g/mol. The van der Waals surface area contributed by atoms with Crippen molar-refractivity contribution in [1.29, 1.82) is 10.5 Å². The maximum absolute atomic E-state index is 13.5. The van der Waals surface area contributed by atoms with Gasteiger partial charge < -0.3 is 18.3 Å². The minimum atomic E-state index is 0.406. The molecule has 0 aliphatic carbocycles. The lowest BCUT2D eigenvalue weighted by molar-refractivity contribution is 1.03. The van der Waals surface area contributed by atoms with E-state index in [2.05, 4.69) is 322 Å². The average Bonchev–Trinajstić information content (AvgIpc) is 1.48. The van der Waals surface area contributed by atoms with Crippen LogP contribution in [0.3, 0.4) is 0 Å². The number of aromatic nitrogens is 4. The van der Waals surface area contributed by atoms with Gasteiger partial charge in [0.25, 0.3) is 0 Å². The van der Waals surface area contributed by atoms with Gasteiger partial charge in [-0.05, 0) is 92.3 Å². The molecule has 8 heteroatoms. The first-order valence-electron chi connectivity index (χ1n) is 32.4. The van der Waals surface area contributed by atoms with E-state index >= 15 is 0 Å². The van der Waals surface area contributed by atoms with Gasteiger partial charge in [-0.25, -0.2) is 0 Å². The molecule has 0 atom stereocenters. The lowest BCUT2D eigenvalue weighted by Gasteiger charge is -2.27. The molecule has 0 aliphatic heterocycles. The van der Waals surface area contributed by atoms with Crippen molar-refractivity contribution in [2.24, 2.45) is 0 Å². The molecule has 15 aromatic carbocycles. The molecule has 96 heavy (non-hydrogen) atoms. The third-order valence-corrected chi connectivity index (χ3v) is 22.8. The second-order valence-electron chi connectivity index (χ2n) is 25.1. The molecule has 442 valence electrons. The molecule has 0 radical (unpaired) electrons. The summed E-state index contributed by atoms with van der Waals surface area (Å²) in [6, 6.07) is 111. The molecule has 0 bridgehead atoms. The maximum atomic E-state index is 13.5. The van der Waals surface area contributed by atoms with E-state index < -0.39 is 0 Å². The Hall–Kier alpha value is -12.6. The summed E-state index contributed by atoms with van der Waals surface area (Å²) in [6.07, 6.45) is 0. The van der Waals surface area contributed by atoms with Gasteiger partial charge in [0.15, 0.2) is 0 Å². The van der Waals surface area contributed by atoms with E-state index in [1.165, 1.54) is 0 Å². The van der Waals surface area contributed by atoms with Crippen LogP contribution >= 0.6 is 22.7 Å². The van der Waals surface area contributed by atoms with Crippen LogP contribution in [-0.2, 0) is 0 Å². The van der Waals surface area contributed by atoms with E-state index in [-0.39, 0.29) is 0 Å². The average molecular weight is 1250 g/mol. The highest BCUT2D eigenvalue weighted by Gasteiger charge is 2.36. The van der Waals surface area contributed by atoms with Crippen molar-refractivity contribution in [3.8, 4) is 57.1 Å². The van der Waals surface area contributed by atoms with Crippen LogP contribution in [0.15, 0.2) is 291 Å². The monoisotopic (exact) mass is 1250 g/mol. The summed E-state index contributed by atoms with van der Waals surface area (Å²) in [5.41, 5.74) is 14.9. The van der Waals surface area contributed by atoms with Crippen LogP contribution in [0.25, 0.3) is 194 Å². The lowest BCUT2D eigenvalue weighted by atomic mass is 9.94. The molecule has 21 rings (SSSR count). The number of benzene rings is 15. The fraction of sp³-hybridized carbons (Fsp3) is 0. The summed E-state index contributed by atoms with van der Waals surface area (Å²) in [7, 11) is 0. The van der Waals surface area contributed by atoms with Crippen molar-refractivity contribution in [3.63, 3.8) is 0 Å². The van der Waals surface area contributed by atoms with Crippen LogP contribution < -0.4 is 0 Å². The summed E-state index contributed by atoms with van der Waals surface area (Å²) in [6.45, 7) is 0. The number of para-hydroxylation sites is 4. The zero-order chi connectivity index (χ0) is 63.0. The SMILES string of the molecule is N#Cc1c(-n2c3ccccc3c3ccccc32)c(-n2c3cccc(-c4cccc5ccccc45)c3c3ccc4c5ccccc5sc4c32)c(C#N)c(-n2c3ccccc3c3ccccc32)c1-n1c2cc(-c3cccc4ccccc34)ccc2c2ccc3c4ccccc4sc3c21. The summed E-state index contributed by atoms with van der Waals surface area (Å²) in [5.74, 6) is 0. The minimum absolute atomic E-state index is 0.406. The molecule has 0 aliphatic rings. The van der Waals surface area contributed by atoms with Crippen molar-refractivity contribution in [3.05, 3.63) is 302 Å². The Bertz CT molecular complexity index is 6850. The summed E-state index contributed by atoms with van der Waals surface area (Å²) >= 11 is 3.56. The molecule has 0 saturated heterocycles. The predicted octanol–water partition coefficient (Wildman–Crippen LogP) is 24.2. The zero-order valence-electron chi connectivity index (χ0n) is 51.2. The van der Waals surface area contributed by atoms with Crippen molar-refractivity contribution in [1.82, 2.24) is 18.3 Å². The van der Waals surface area contributed by atoms with Crippen LogP contribution in [0.5, 0.6) is 0 Å². The first-order chi connectivity index (χ1) is 47.6. The number of thiophene rings is 2. The molecule has 0 amide bonds. The van der Waals surface area contributed by atoms with Crippen LogP contribution in [0.2, 0.25) is 0 Å². The van der Waals surface area contributed by atoms with Gasteiger partial charge >= 0.3 is 0 Å². The second-order valence-corrected chi connectivity index (χ2v) is 27.2. The van der Waals surface area contributed by atoms with Gasteiger partial charge in [0.2, 0.25) is 0 Å². The first kappa shape index (κ1) is 53.0. The maximum Gasteiger partial charge on any atom is 0.104 e. The molecule has 21 aromatic rings. The smallest absolute Gasteiger partial charge is 0.104 e. The number of nitriles is 2. The number of hydrogen-bond donors (Lipinski definition) is 0. The van der Waals surface area contributed by atoms with E-state index in [0.717, 1.165) is 171 Å². The van der Waals surface area contributed by atoms with E-state index in [9.17, 15) is 10.5 Å². The third-order valence-electron chi connectivity index (χ3n) is 20.4. The van der Waals surface area contributed by atoms with Crippen LogP contribution in [0.1, 0.15) is 11.1 Å². The van der Waals surface area contributed by atoms with Crippen LogP contribution in [0.4, 0.5) is 0 Å².